The van der Waals surface area contributed by atoms with Crippen molar-refractivity contribution in [2.24, 2.45) is 0 Å². The van der Waals surface area contributed by atoms with E-state index < -0.39 is 5.82 Å². The zero-order chi connectivity index (χ0) is 13.8. The molecule has 0 bridgehead atoms. The molecule has 1 N–H and O–H groups in total. The molecule has 0 spiro atoms. The van der Waals surface area contributed by atoms with E-state index in [4.69, 9.17) is 5.26 Å². The number of benzene rings is 1. The van der Waals surface area contributed by atoms with Gasteiger partial charge in [-0.1, -0.05) is 6.92 Å². The summed E-state index contributed by atoms with van der Waals surface area (Å²) in [6, 6.07) is 6.13. The Morgan fingerprint density at radius 3 is 2.95 bits per heavy atom. The fourth-order valence-corrected chi connectivity index (χ4v) is 2.58. The molecule has 0 radical (unpaired) electrons. The molecule has 3 nitrogen and oxygen atoms in total. The first-order valence-corrected chi connectivity index (χ1v) is 6.86. The van der Waals surface area contributed by atoms with Gasteiger partial charge < -0.3 is 5.32 Å². The minimum absolute atomic E-state index is 0.0112. The van der Waals surface area contributed by atoms with Gasteiger partial charge in [0.2, 0.25) is 0 Å². The van der Waals surface area contributed by atoms with Crippen molar-refractivity contribution in [1.82, 2.24) is 4.98 Å². The monoisotopic (exact) mass is 275 g/mol. The predicted octanol–water partition coefficient (Wildman–Crippen LogP) is 3.89. The van der Waals surface area contributed by atoms with Crippen molar-refractivity contribution in [1.29, 1.82) is 5.26 Å². The Kier molecular flexibility index (Phi) is 4.13. The molecule has 1 unspecified atom stereocenters. The molecule has 0 aliphatic carbocycles. The molecule has 5 heteroatoms. The van der Waals surface area contributed by atoms with Gasteiger partial charge in [-0.25, -0.2) is 9.37 Å². The fourth-order valence-electron chi connectivity index (χ4n) is 1.72. The van der Waals surface area contributed by atoms with Gasteiger partial charge in [-0.15, -0.1) is 11.3 Å². The van der Waals surface area contributed by atoms with E-state index in [1.165, 1.54) is 17.0 Å². The van der Waals surface area contributed by atoms with E-state index in [1.54, 1.807) is 17.4 Å². The molecule has 2 rings (SSSR count). The van der Waals surface area contributed by atoms with Crippen molar-refractivity contribution in [3.05, 3.63) is 45.7 Å². The summed E-state index contributed by atoms with van der Waals surface area (Å²) in [5, 5.41) is 13.2. The molecule has 0 fully saturated rings. The molecular weight excluding hydrogens is 261 g/mol. The van der Waals surface area contributed by atoms with Crippen LogP contribution in [0, 0.1) is 17.1 Å². The summed E-state index contributed by atoms with van der Waals surface area (Å²) in [7, 11) is 0. The van der Waals surface area contributed by atoms with Gasteiger partial charge in [-0.2, -0.15) is 5.26 Å². The number of aryl methyl sites for hydroxylation is 1. The molecule has 1 aromatic heterocycles. The summed E-state index contributed by atoms with van der Waals surface area (Å²) in [6.07, 6.45) is 2.83. The highest BCUT2D eigenvalue weighted by molar-refractivity contribution is 7.11. The third-order valence-electron chi connectivity index (χ3n) is 2.76. The van der Waals surface area contributed by atoms with Crippen molar-refractivity contribution in [2.75, 3.05) is 5.32 Å². The summed E-state index contributed by atoms with van der Waals surface area (Å²) < 4.78 is 13.1. The van der Waals surface area contributed by atoms with E-state index in [0.717, 1.165) is 11.4 Å². The maximum Gasteiger partial charge on any atom is 0.124 e. The van der Waals surface area contributed by atoms with Gasteiger partial charge in [0.05, 0.1) is 17.3 Å². The molecule has 0 saturated carbocycles. The van der Waals surface area contributed by atoms with Crippen molar-refractivity contribution >= 4 is 17.0 Å². The highest BCUT2D eigenvalue weighted by Crippen LogP contribution is 2.26. The minimum Gasteiger partial charge on any atom is -0.375 e. The first-order valence-electron chi connectivity index (χ1n) is 6.04. The van der Waals surface area contributed by atoms with Gasteiger partial charge in [0.1, 0.15) is 16.9 Å². The van der Waals surface area contributed by atoms with Gasteiger partial charge in [0, 0.05) is 11.1 Å². The number of hydrogen-bond acceptors (Lipinski definition) is 4. The van der Waals surface area contributed by atoms with Crippen LogP contribution < -0.4 is 5.32 Å². The van der Waals surface area contributed by atoms with E-state index in [1.807, 2.05) is 19.2 Å². The Morgan fingerprint density at radius 2 is 2.32 bits per heavy atom. The maximum atomic E-state index is 13.1. The summed E-state index contributed by atoms with van der Waals surface area (Å²) in [6.45, 7) is 4.06. The number of nitrogens with one attached hydrogen (secondary N) is 1. The largest absolute Gasteiger partial charge is 0.375 e. The zero-order valence-corrected chi connectivity index (χ0v) is 11.6. The number of nitrogens with zero attached hydrogens (tertiary/aromatic N) is 2. The molecule has 98 valence electrons. The van der Waals surface area contributed by atoms with Gasteiger partial charge in [0.25, 0.3) is 0 Å². The van der Waals surface area contributed by atoms with Crippen LogP contribution in [-0.2, 0) is 6.42 Å². The molecule has 19 heavy (non-hydrogen) atoms. The lowest BCUT2D eigenvalue weighted by Crippen LogP contribution is -2.07. The van der Waals surface area contributed by atoms with E-state index in [2.05, 4.69) is 17.2 Å². The second kappa shape index (κ2) is 5.81. The third-order valence-corrected chi connectivity index (χ3v) is 4.09. The first-order chi connectivity index (χ1) is 9.13. The highest BCUT2D eigenvalue weighted by Gasteiger charge is 2.12. The van der Waals surface area contributed by atoms with E-state index in [9.17, 15) is 4.39 Å². The van der Waals surface area contributed by atoms with E-state index in [0.29, 0.717) is 11.3 Å². The maximum absolute atomic E-state index is 13.1. The summed E-state index contributed by atoms with van der Waals surface area (Å²) >= 11 is 1.65. The van der Waals surface area contributed by atoms with Crippen molar-refractivity contribution in [3.63, 3.8) is 0 Å². The van der Waals surface area contributed by atoms with Crippen molar-refractivity contribution < 1.29 is 4.39 Å². The average Bonchev–Trinajstić information content (AvgIpc) is 2.89. The normalized spacial score (nSPS) is 11.9. The predicted molar refractivity (Wildman–Crippen MR) is 74.6 cm³/mol. The van der Waals surface area contributed by atoms with E-state index >= 15 is 0 Å². The van der Waals surface area contributed by atoms with Crippen LogP contribution in [0.5, 0.6) is 0 Å². The standard InChI is InChI=1S/C14H14FN3S/c1-3-12-8-17-14(19-12)9(2)18-13-5-4-11(15)6-10(13)7-16/h4-6,8-9,18H,3H2,1-2H3. The van der Waals surface area contributed by atoms with Gasteiger partial charge in [-0.3, -0.25) is 0 Å². The molecule has 0 aliphatic heterocycles. The van der Waals surface area contributed by atoms with Crippen LogP contribution in [0.3, 0.4) is 0 Å². The number of anilines is 1. The number of aromatic nitrogens is 1. The van der Waals surface area contributed by atoms with Crippen LogP contribution in [0.4, 0.5) is 10.1 Å². The van der Waals surface area contributed by atoms with Crippen LogP contribution in [0.15, 0.2) is 24.4 Å². The SMILES string of the molecule is CCc1cnc(C(C)Nc2ccc(F)cc2C#N)s1. The van der Waals surface area contributed by atoms with Crippen molar-refractivity contribution in [2.45, 2.75) is 26.3 Å². The zero-order valence-electron chi connectivity index (χ0n) is 10.8. The van der Waals surface area contributed by atoms with E-state index in [-0.39, 0.29) is 6.04 Å². The average molecular weight is 275 g/mol. The molecule has 0 saturated heterocycles. The summed E-state index contributed by atoms with van der Waals surface area (Å²) in [4.78, 5) is 5.58. The Hall–Kier alpha value is -1.93. The number of nitriles is 1. The quantitative estimate of drug-likeness (QED) is 0.921. The number of hydrogen-bond donors (Lipinski definition) is 1. The lowest BCUT2D eigenvalue weighted by molar-refractivity contribution is 0.627. The lowest BCUT2D eigenvalue weighted by atomic mass is 10.1. The Morgan fingerprint density at radius 1 is 1.53 bits per heavy atom. The van der Waals surface area contributed by atoms with Crippen LogP contribution in [0.1, 0.15) is 35.3 Å². The first kappa shape index (κ1) is 13.5. The number of rotatable bonds is 4. The van der Waals surface area contributed by atoms with Crippen LogP contribution in [0.2, 0.25) is 0 Å². The summed E-state index contributed by atoms with van der Waals surface area (Å²) in [5.74, 6) is -0.405. The van der Waals surface area contributed by atoms with Crippen molar-refractivity contribution in [3.8, 4) is 6.07 Å². The minimum atomic E-state index is -0.405. The van der Waals surface area contributed by atoms with Gasteiger partial charge in [0.15, 0.2) is 0 Å². The molecule has 0 aliphatic rings. The Labute approximate surface area is 115 Å². The van der Waals surface area contributed by atoms with Crippen LogP contribution >= 0.6 is 11.3 Å². The topological polar surface area (TPSA) is 48.7 Å². The van der Waals surface area contributed by atoms with Gasteiger partial charge in [-0.05, 0) is 31.5 Å². The molecular formula is C14H14FN3S. The molecule has 0 amide bonds. The number of halogens is 1. The van der Waals surface area contributed by atoms with Crippen LogP contribution in [-0.4, -0.2) is 4.98 Å². The van der Waals surface area contributed by atoms with Crippen LogP contribution in [0.25, 0.3) is 0 Å². The molecule has 1 aromatic carbocycles. The highest BCUT2D eigenvalue weighted by atomic mass is 32.1. The Bertz CT molecular complexity index is 615. The summed E-state index contributed by atoms with van der Waals surface area (Å²) in [5.41, 5.74) is 0.934. The second-order valence-electron chi connectivity index (χ2n) is 4.19. The third kappa shape index (κ3) is 3.09. The lowest BCUT2D eigenvalue weighted by Gasteiger charge is -2.13. The molecule has 2 aromatic rings. The molecule has 1 atom stereocenters. The fraction of sp³-hybridized carbons (Fsp3) is 0.286. The Balaban J connectivity index is 2.19. The molecule has 1 heterocycles. The number of thiazole rings is 1. The van der Waals surface area contributed by atoms with Gasteiger partial charge >= 0.3 is 0 Å². The second-order valence-corrected chi connectivity index (χ2v) is 5.33. The smallest absolute Gasteiger partial charge is 0.124 e.